The number of aromatic nitrogens is 4. The van der Waals surface area contributed by atoms with Crippen molar-refractivity contribution in [2.45, 2.75) is 32.9 Å². The molecule has 4 aromatic rings. The molecule has 0 saturated heterocycles. The van der Waals surface area contributed by atoms with E-state index in [4.69, 9.17) is 11.6 Å². The zero-order valence-electron chi connectivity index (χ0n) is 14.2. The van der Waals surface area contributed by atoms with Gasteiger partial charge in [-0.05, 0) is 35.6 Å². The van der Waals surface area contributed by atoms with Gasteiger partial charge >= 0.3 is 5.69 Å². The highest BCUT2D eigenvalue weighted by atomic mass is 35.5. The number of hydrogen-bond acceptors (Lipinski definition) is 4. The van der Waals surface area contributed by atoms with Crippen molar-refractivity contribution < 1.29 is 0 Å². The summed E-state index contributed by atoms with van der Waals surface area (Å²) in [7, 11) is 0. The van der Waals surface area contributed by atoms with Crippen LogP contribution in [0.2, 0.25) is 5.02 Å². The van der Waals surface area contributed by atoms with Crippen molar-refractivity contribution in [2.75, 3.05) is 0 Å². The lowest BCUT2D eigenvalue weighted by Gasteiger charge is -2.06. The summed E-state index contributed by atoms with van der Waals surface area (Å²) in [5.74, 6) is 0.390. The van der Waals surface area contributed by atoms with Crippen LogP contribution < -0.4 is 11.2 Å². The van der Waals surface area contributed by atoms with Gasteiger partial charge in [0.25, 0.3) is 5.56 Å². The van der Waals surface area contributed by atoms with Crippen molar-refractivity contribution in [3.63, 3.8) is 0 Å². The first-order chi connectivity index (χ1) is 12.6. The minimum absolute atomic E-state index is 0.0872. The van der Waals surface area contributed by atoms with Crippen molar-refractivity contribution in [2.24, 2.45) is 0 Å². The van der Waals surface area contributed by atoms with E-state index in [1.807, 2.05) is 23.6 Å². The fourth-order valence-electron chi connectivity index (χ4n) is 3.06. The Morgan fingerprint density at radius 1 is 1.23 bits per heavy atom. The van der Waals surface area contributed by atoms with Gasteiger partial charge in [-0.25, -0.2) is 13.9 Å². The summed E-state index contributed by atoms with van der Waals surface area (Å²) in [6.45, 7) is 2.91. The number of rotatable bonds is 5. The zero-order valence-corrected chi connectivity index (χ0v) is 15.8. The molecular formula is C18H17ClN4O2S. The Bertz CT molecular complexity index is 1220. The van der Waals surface area contributed by atoms with E-state index in [1.54, 1.807) is 16.7 Å². The number of unbranched alkanes of at least 4 members (excludes halogenated alkanes) is 1. The van der Waals surface area contributed by atoms with Crippen LogP contribution in [0.15, 0.2) is 45.3 Å². The fraction of sp³-hybridized carbons (Fsp3) is 0.278. The molecule has 0 fully saturated rings. The topological polar surface area (TPSA) is 61.3 Å². The first kappa shape index (κ1) is 17.1. The molecule has 0 unspecified atom stereocenters. The standard InChI is InChI=1S/C18H17ClN4O2S/c1-2-3-8-21-16(24)15-14(7-9-26-15)23-17(21)20-22(18(23)25)11-12-5-4-6-13(19)10-12/h4-7,9-10H,2-3,8,11H2,1H3. The molecule has 134 valence electrons. The summed E-state index contributed by atoms with van der Waals surface area (Å²) in [5, 5.41) is 6.91. The van der Waals surface area contributed by atoms with Crippen molar-refractivity contribution in [3.05, 3.63) is 67.1 Å². The van der Waals surface area contributed by atoms with Crippen molar-refractivity contribution >= 4 is 38.9 Å². The first-order valence-corrected chi connectivity index (χ1v) is 9.70. The summed E-state index contributed by atoms with van der Waals surface area (Å²) in [5.41, 5.74) is 1.15. The summed E-state index contributed by atoms with van der Waals surface area (Å²) in [6.07, 6.45) is 1.80. The molecule has 0 saturated carbocycles. The minimum atomic E-state index is -0.256. The molecule has 0 atom stereocenters. The van der Waals surface area contributed by atoms with Gasteiger partial charge in [-0.15, -0.1) is 16.4 Å². The number of halogens is 1. The average molecular weight is 389 g/mol. The Hall–Kier alpha value is -2.38. The minimum Gasteiger partial charge on any atom is -0.276 e. The monoisotopic (exact) mass is 388 g/mol. The molecule has 0 bridgehead atoms. The third kappa shape index (κ3) is 2.77. The lowest BCUT2D eigenvalue weighted by Crippen LogP contribution is -2.25. The van der Waals surface area contributed by atoms with Gasteiger partial charge in [0, 0.05) is 11.6 Å². The maximum absolute atomic E-state index is 13.0. The van der Waals surface area contributed by atoms with Gasteiger partial charge in [-0.3, -0.25) is 9.36 Å². The van der Waals surface area contributed by atoms with Crippen LogP contribution in [0.1, 0.15) is 25.3 Å². The van der Waals surface area contributed by atoms with E-state index in [0.29, 0.717) is 34.1 Å². The lowest BCUT2D eigenvalue weighted by molar-refractivity contribution is 0.613. The van der Waals surface area contributed by atoms with Crippen LogP contribution in [-0.2, 0) is 13.1 Å². The largest absolute Gasteiger partial charge is 0.352 e. The third-order valence-corrected chi connectivity index (χ3v) is 5.47. The molecular weight excluding hydrogens is 372 g/mol. The Kier molecular flexibility index (Phi) is 4.42. The van der Waals surface area contributed by atoms with Gasteiger partial charge in [0.2, 0.25) is 5.78 Å². The Morgan fingerprint density at radius 2 is 2.08 bits per heavy atom. The van der Waals surface area contributed by atoms with Crippen LogP contribution in [-0.4, -0.2) is 18.7 Å². The maximum atomic E-state index is 13.0. The quantitative estimate of drug-likeness (QED) is 0.526. The molecule has 0 aliphatic heterocycles. The predicted molar refractivity (Wildman–Crippen MR) is 105 cm³/mol. The van der Waals surface area contributed by atoms with Crippen LogP contribution in [0.3, 0.4) is 0 Å². The van der Waals surface area contributed by atoms with Gasteiger partial charge in [0.15, 0.2) is 0 Å². The molecule has 3 heterocycles. The number of thiophene rings is 1. The number of nitrogens with zero attached hydrogens (tertiary/aromatic N) is 4. The van der Waals surface area contributed by atoms with Gasteiger partial charge < -0.3 is 0 Å². The van der Waals surface area contributed by atoms with E-state index in [9.17, 15) is 9.59 Å². The van der Waals surface area contributed by atoms with Crippen LogP contribution >= 0.6 is 22.9 Å². The highest BCUT2D eigenvalue weighted by molar-refractivity contribution is 7.17. The first-order valence-electron chi connectivity index (χ1n) is 8.44. The van der Waals surface area contributed by atoms with E-state index >= 15 is 0 Å². The van der Waals surface area contributed by atoms with Gasteiger partial charge in [-0.2, -0.15) is 0 Å². The number of fused-ring (bicyclic) bond motifs is 3. The number of benzene rings is 1. The zero-order chi connectivity index (χ0) is 18.3. The van der Waals surface area contributed by atoms with Crippen LogP contribution in [0.5, 0.6) is 0 Å². The molecule has 3 aromatic heterocycles. The predicted octanol–water partition coefficient (Wildman–Crippen LogP) is 3.37. The van der Waals surface area contributed by atoms with Crippen molar-refractivity contribution in [3.8, 4) is 0 Å². The molecule has 0 spiro atoms. The second kappa shape index (κ2) is 6.74. The molecule has 0 amide bonds. The average Bonchev–Trinajstić information content (AvgIpc) is 3.21. The fourth-order valence-corrected chi connectivity index (χ4v) is 4.10. The Labute approximate surface area is 157 Å². The molecule has 26 heavy (non-hydrogen) atoms. The number of hydrogen-bond donors (Lipinski definition) is 0. The lowest BCUT2D eigenvalue weighted by atomic mass is 10.2. The van der Waals surface area contributed by atoms with Gasteiger partial charge in [0.05, 0.1) is 12.1 Å². The highest BCUT2D eigenvalue weighted by Crippen LogP contribution is 2.18. The van der Waals surface area contributed by atoms with Gasteiger partial charge in [0.1, 0.15) is 4.70 Å². The Balaban J connectivity index is 1.95. The van der Waals surface area contributed by atoms with E-state index in [2.05, 4.69) is 12.0 Å². The molecule has 0 aliphatic rings. The Morgan fingerprint density at radius 3 is 2.85 bits per heavy atom. The summed E-state index contributed by atoms with van der Waals surface area (Å²) < 4.78 is 5.11. The summed E-state index contributed by atoms with van der Waals surface area (Å²) >= 11 is 7.39. The van der Waals surface area contributed by atoms with E-state index in [0.717, 1.165) is 18.4 Å². The molecule has 0 radical (unpaired) electrons. The van der Waals surface area contributed by atoms with Crippen LogP contribution in [0.25, 0.3) is 16.0 Å². The molecule has 4 rings (SSSR count). The second-order valence-corrected chi connectivity index (χ2v) is 7.50. The molecule has 0 N–H and O–H groups in total. The van der Waals surface area contributed by atoms with E-state index < -0.39 is 0 Å². The molecule has 6 nitrogen and oxygen atoms in total. The van der Waals surface area contributed by atoms with Crippen LogP contribution in [0, 0.1) is 0 Å². The smallest absolute Gasteiger partial charge is 0.276 e. The highest BCUT2D eigenvalue weighted by Gasteiger charge is 2.18. The van der Waals surface area contributed by atoms with Crippen molar-refractivity contribution in [1.29, 1.82) is 0 Å². The molecule has 8 heteroatoms. The van der Waals surface area contributed by atoms with E-state index in [-0.39, 0.29) is 11.2 Å². The summed E-state index contributed by atoms with van der Waals surface area (Å²) in [4.78, 5) is 25.8. The maximum Gasteiger partial charge on any atom is 0.352 e. The second-order valence-electron chi connectivity index (χ2n) is 6.15. The summed E-state index contributed by atoms with van der Waals surface area (Å²) in [6, 6.07) is 9.13. The van der Waals surface area contributed by atoms with Gasteiger partial charge in [-0.1, -0.05) is 37.1 Å². The SMILES string of the molecule is CCCCn1c(=O)c2sccc2n2c(=O)n(Cc3cccc(Cl)c3)nc12. The molecule has 1 aromatic carbocycles. The molecule has 0 aliphatic carbocycles. The van der Waals surface area contributed by atoms with Crippen molar-refractivity contribution in [1.82, 2.24) is 18.7 Å². The third-order valence-electron chi connectivity index (χ3n) is 4.35. The van der Waals surface area contributed by atoms with Crippen LogP contribution in [0.4, 0.5) is 0 Å². The number of aryl methyl sites for hydroxylation is 1. The van der Waals surface area contributed by atoms with E-state index in [1.165, 1.54) is 20.4 Å². The normalized spacial score (nSPS) is 11.6.